The molecule has 3 aliphatic rings. The molecule has 2 amide bonds. The Morgan fingerprint density at radius 1 is 1.09 bits per heavy atom. The van der Waals surface area contributed by atoms with Crippen molar-refractivity contribution in [2.75, 3.05) is 13.1 Å². The van der Waals surface area contributed by atoms with Crippen LogP contribution in [0.4, 0.5) is 18.0 Å². The molecule has 1 unspecified atom stereocenters. The summed E-state index contributed by atoms with van der Waals surface area (Å²) in [4.78, 5) is 14.9. The number of benzene rings is 1. The van der Waals surface area contributed by atoms with Crippen molar-refractivity contribution >= 4 is 16.1 Å². The maximum absolute atomic E-state index is 13.1. The van der Waals surface area contributed by atoms with Crippen LogP contribution in [0.15, 0.2) is 36.4 Å². The zero-order chi connectivity index (χ0) is 23.5. The van der Waals surface area contributed by atoms with Gasteiger partial charge in [0.05, 0.1) is 11.2 Å². The molecule has 33 heavy (non-hydrogen) atoms. The number of halogens is 3. The SMILES string of the molecule is O=C(NC1(c2ccccc2)CCC1)N1CCC2(CCn3nc(OS(=O)(=O)C(F)(F)F)cc32)C1. The number of hydrogen-bond acceptors (Lipinski definition) is 5. The summed E-state index contributed by atoms with van der Waals surface area (Å²) in [5.41, 5.74) is -4.74. The van der Waals surface area contributed by atoms with E-state index in [-0.39, 0.29) is 11.6 Å². The van der Waals surface area contributed by atoms with Gasteiger partial charge in [-0.2, -0.15) is 21.6 Å². The summed E-state index contributed by atoms with van der Waals surface area (Å²) in [6.45, 7) is 1.27. The summed E-state index contributed by atoms with van der Waals surface area (Å²) in [7, 11) is -5.79. The minimum atomic E-state index is -5.79. The quantitative estimate of drug-likeness (QED) is 0.531. The molecule has 5 rings (SSSR count). The summed E-state index contributed by atoms with van der Waals surface area (Å²) in [5, 5.41) is 7.10. The number of aromatic nitrogens is 2. The molecule has 3 heterocycles. The van der Waals surface area contributed by atoms with Crippen molar-refractivity contribution in [2.45, 2.75) is 55.1 Å². The molecule has 1 saturated carbocycles. The van der Waals surface area contributed by atoms with Crippen LogP contribution in [0.2, 0.25) is 0 Å². The lowest BCUT2D eigenvalue weighted by molar-refractivity contribution is -0.0501. The van der Waals surface area contributed by atoms with E-state index in [0.717, 1.165) is 24.8 Å². The van der Waals surface area contributed by atoms with E-state index in [1.807, 2.05) is 30.3 Å². The van der Waals surface area contributed by atoms with Crippen LogP contribution < -0.4 is 9.50 Å². The van der Waals surface area contributed by atoms with Crippen LogP contribution in [0, 0.1) is 0 Å². The molecule has 178 valence electrons. The van der Waals surface area contributed by atoms with E-state index in [0.29, 0.717) is 38.2 Å². The minimum Gasteiger partial charge on any atom is -0.354 e. The molecule has 8 nitrogen and oxygen atoms in total. The number of amides is 2. The van der Waals surface area contributed by atoms with Gasteiger partial charge in [-0.1, -0.05) is 30.3 Å². The number of carbonyl (C=O) groups is 1. The van der Waals surface area contributed by atoms with Gasteiger partial charge >= 0.3 is 21.7 Å². The topological polar surface area (TPSA) is 93.5 Å². The van der Waals surface area contributed by atoms with Crippen LogP contribution in [0.5, 0.6) is 5.88 Å². The predicted octanol–water partition coefficient (Wildman–Crippen LogP) is 3.25. The Kier molecular flexibility index (Phi) is 4.93. The highest BCUT2D eigenvalue weighted by molar-refractivity contribution is 7.87. The van der Waals surface area contributed by atoms with Crippen molar-refractivity contribution in [3.05, 3.63) is 47.7 Å². The molecule has 0 radical (unpaired) electrons. The molecule has 2 fully saturated rings. The van der Waals surface area contributed by atoms with Gasteiger partial charge in [0, 0.05) is 31.1 Å². The fourth-order valence-corrected chi connectivity index (χ4v) is 5.56. The number of urea groups is 1. The number of fused-ring (bicyclic) bond motifs is 2. The first-order valence-corrected chi connectivity index (χ1v) is 12.2. The van der Waals surface area contributed by atoms with Crippen LogP contribution in [0.3, 0.4) is 0 Å². The van der Waals surface area contributed by atoms with Gasteiger partial charge < -0.3 is 14.4 Å². The molecular formula is C21H23F3N4O4S. The molecule has 2 aliphatic heterocycles. The van der Waals surface area contributed by atoms with Gasteiger partial charge in [0.15, 0.2) is 0 Å². The van der Waals surface area contributed by atoms with Crippen LogP contribution in [0.1, 0.15) is 43.4 Å². The summed E-state index contributed by atoms with van der Waals surface area (Å²) in [5.74, 6) is -0.609. The highest BCUT2D eigenvalue weighted by atomic mass is 32.2. The lowest BCUT2D eigenvalue weighted by atomic mass is 9.72. The highest BCUT2D eigenvalue weighted by Gasteiger charge is 2.51. The lowest BCUT2D eigenvalue weighted by Crippen LogP contribution is -2.54. The average molecular weight is 485 g/mol. The third kappa shape index (κ3) is 3.64. The molecule has 12 heteroatoms. The fourth-order valence-electron chi connectivity index (χ4n) is 5.15. The third-order valence-corrected chi connectivity index (χ3v) is 8.06. The van der Waals surface area contributed by atoms with Crippen LogP contribution in [-0.2, 0) is 27.6 Å². The lowest BCUT2D eigenvalue weighted by Gasteiger charge is -2.44. The average Bonchev–Trinajstić information content (AvgIpc) is 3.41. The van der Waals surface area contributed by atoms with Crippen molar-refractivity contribution < 1.29 is 30.6 Å². The molecule has 1 saturated heterocycles. The van der Waals surface area contributed by atoms with E-state index in [1.54, 1.807) is 4.90 Å². The zero-order valence-corrected chi connectivity index (χ0v) is 18.5. The Hall–Kier alpha value is -2.76. The second-order valence-electron chi connectivity index (χ2n) is 9.01. The number of nitrogens with zero attached hydrogens (tertiary/aromatic N) is 3. The van der Waals surface area contributed by atoms with Crippen molar-refractivity contribution in [2.24, 2.45) is 0 Å². The van der Waals surface area contributed by atoms with Gasteiger partial charge in [-0.05, 0) is 37.7 Å². The predicted molar refractivity (Wildman–Crippen MR) is 111 cm³/mol. The molecular weight excluding hydrogens is 461 g/mol. The maximum Gasteiger partial charge on any atom is 0.534 e. The van der Waals surface area contributed by atoms with Crippen molar-refractivity contribution in [3.63, 3.8) is 0 Å². The van der Waals surface area contributed by atoms with E-state index in [1.165, 1.54) is 10.7 Å². The van der Waals surface area contributed by atoms with E-state index in [4.69, 9.17) is 0 Å². The van der Waals surface area contributed by atoms with Gasteiger partial charge in [-0.15, -0.1) is 5.10 Å². The third-order valence-electron chi connectivity index (χ3n) is 7.10. The number of nitrogens with one attached hydrogen (secondary N) is 1. The number of rotatable bonds is 4. The molecule has 1 aromatic carbocycles. The molecule has 1 aliphatic carbocycles. The summed E-state index contributed by atoms with van der Waals surface area (Å²) in [6.07, 6.45) is 4.03. The second kappa shape index (κ2) is 7.37. The van der Waals surface area contributed by atoms with E-state index in [2.05, 4.69) is 14.6 Å². The molecule has 1 atom stereocenters. The number of carbonyl (C=O) groups excluding carboxylic acids is 1. The first-order valence-electron chi connectivity index (χ1n) is 10.8. The molecule has 1 N–H and O–H groups in total. The van der Waals surface area contributed by atoms with Gasteiger partial charge in [0.25, 0.3) is 5.88 Å². The molecule has 0 bridgehead atoms. The largest absolute Gasteiger partial charge is 0.534 e. The Morgan fingerprint density at radius 3 is 2.42 bits per heavy atom. The maximum atomic E-state index is 13.1. The number of likely N-dealkylation sites (tertiary alicyclic amines) is 1. The van der Waals surface area contributed by atoms with E-state index < -0.39 is 26.9 Å². The van der Waals surface area contributed by atoms with Gasteiger partial charge in [-0.3, -0.25) is 4.68 Å². The standard InChI is InChI=1S/C21H23F3N4O4S/c22-21(23,24)33(30,31)32-17-13-16-19(10-12-28(16)26-17)9-11-27(14-19)18(29)25-20(7-4-8-20)15-5-2-1-3-6-15/h1-3,5-6,13H,4,7-12,14H2,(H,25,29). The minimum absolute atomic E-state index is 0.176. The normalized spacial score (nSPS) is 23.9. The molecule has 1 aromatic heterocycles. The molecule has 2 aromatic rings. The van der Waals surface area contributed by atoms with Gasteiger partial charge in [0.2, 0.25) is 0 Å². The zero-order valence-electron chi connectivity index (χ0n) is 17.6. The summed E-state index contributed by atoms with van der Waals surface area (Å²) >= 11 is 0. The van der Waals surface area contributed by atoms with E-state index >= 15 is 0 Å². The van der Waals surface area contributed by atoms with Crippen molar-refractivity contribution in [3.8, 4) is 5.88 Å². The fraction of sp³-hybridized carbons (Fsp3) is 0.524. The Morgan fingerprint density at radius 2 is 1.79 bits per heavy atom. The summed E-state index contributed by atoms with van der Waals surface area (Å²) < 4.78 is 66.3. The monoisotopic (exact) mass is 484 g/mol. The Bertz CT molecular complexity index is 1180. The van der Waals surface area contributed by atoms with Crippen LogP contribution >= 0.6 is 0 Å². The van der Waals surface area contributed by atoms with Crippen molar-refractivity contribution in [1.82, 2.24) is 20.0 Å². The van der Waals surface area contributed by atoms with Gasteiger partial charge in [-0.25, -0.2) is 4.79 Å². The van der Waals surface area contributed by atoms with Crippen molar-refractivity contribution in [1.29, 1.82) is 0 Å². The number of alkyl halides is 3. The Labute approximate surface area is 188 Å². The smallest absolute Gasteiger partial charge is 0.354 e. The first kappa shape index (κ1) is 22.1. The number of aryl methyl sites for hydroxylation is 1. The first-order chi connectivity index (χ1) is 15.5. The van der Waals surface area contributed by atoms with Gasteiger partial charge in [0.1, 0.15) is 0 Å². The highest BCUT2D eigenvalue weighted by Crippen LogP contribution is 2.45. The van der Waals surface area contributed by atoms with E-state index in [9.17, 15) is 26.4 Å². The second-order valence-corrected chi connectivity index (χ2v) is 10.5. The summed E-state index contributed by atoms with van der Waals surface area (Å²) in [6, 6.07) is 10.9. The molecule has 1 spiro atoms. The van der Waals surface area contributed by atoms with Crippen LogP contribution in [0.25, 0.3) is 0 Å². The Balaban J connectivity index is 1.31. The number of hydrogen-bond donors (Lipinski definition) is 1. The van der Waals surface area contributed by atoms with Crippen LogP contribution in [-0.4, -0.2) is 47.7 Å².